The fourth-order valence-corrected chi connectivity index (χ4v) is 2.63. The van der Waals surface area contributed by atoms with Crippen LogP contribution in [0.15, 0.2) is 24.3 Å². The van der Waals surface area contributed by atoms with Gasteiger partial charge in [-0.1, -0.05) is 12.1 Å². The van der Waals surface area contributed by atoms with Crippen molar-refractivity contribution < 1.29 is 18.3 Å². The lowest BCUT2D eigenvalue weighted by Gasteiger charge is -2.19. The highest BCUT2D eigenvalue weighted by molar-refractivity contribution is 5.85. The Kier molecular flexibility index (Phi) is 8.26. The van der Waals surface area contributed by atoms with E-state index in [1.165, 1.54) is 18.6 Å². The summed E-state index contributed by atoms with van der Waals surface area (Å²) in [5.74, 6) is 0.224. The van der Waals surface area contributed by atoms with Crippen LogP contribution in [0.1, 0.15) is 31.2 Å². The fraction of sp³-hybridized carbons (Fsp3) is 0.562. The van der Waals surface area contributed by atoms with Gasteiger partial charge in [0.05, 0.1) is 0 Å². The van der Waals surface area contributed by atoms with Gasteiger partial charge in [0, 0.05) is 26.1 Å². The van der Waals surface area contributed by atoms with Crippen LogP contribution in [-0.2, 0) is 11.3 Å². The zero-order valence-corrected chi connectivity index (χ0v) is 14.0. The lowest BCUT2D eigenvalue weighted by Crippen LogP contribution is -2.29. The van der Waals surface area contributed by atoms with Crippen LogP contribution in [0.3, 0.4) is 0 Å². The van der Waals surface area contributed by atoms with E-state index < -0.39 is 6.61 Å². The largest absolute Gasteiger partial charge is 0.435 e. The second-order valence-corrected chi connectivity index (χ2v) is 5.60. The Balaban J connectivity index is 0.00000264. The van der Waals surface area contributed by atoms with Crippen molar-refractivity contribution in [3.05, 3.63) is 29.8 Å². The smallest absolute Gasteiger partial charge is 0.387 e. The summed E-state index contributed by atoms with van der Waals surface area (Å²) < 4.78 is 28.4. The molecule has 1 aliphatic heterocycles. The molecule has 7 heteroatoms. The van der Waals surface area contributed by atoms with Crippen LogP contribution in [0.25, 0.3) is 0 Å². The Labute approximate surface area is 141 Å². The number of hydrogen-bond acceptors (Lipinski definition) is 3. The molecule has 0 saturated carbocycles. The molecule has 0 aliphatic carbocycles. The first-order chi connectivity index (χ1) is 10.5. The molecule has 1 atom stereocenters. The lowest BCUT2D eigenvalue weighted by atomic mass is 10.1. The van der Waals surface area contributed by atoms with Crippen molar-refractivity contribution in [2.75, 3.05) is 13.6 Å². The molecule has 130 valence electrons. The monoisotopic (exact) mass is 348 g/mol. The van der Waals surface area contributed by atoms with E-state index in [0.717, 1.165) is 24.9 Å². The van der Waals surface area contributed by atoms with Gasteiger partial charge in [-0.15, -0.1) is 12.4 Å². The van der Waals surface area contributed by atoms with E-state index in [2.05, 4.69) is 10.1 Å². The van der Waals surface area contributed by atoms with Crippen LogP contribution in [0.2, 0.25) is 0 Å². The zero-order valence-electron chi connectivity index (χ0n) is 13.1. The maximum absolute atomic E-state index is 12.1. The van der Waals surface area contributed by atoms with Crippen LogP contribution in [0.5, 0.6) is 5.75 Å². The zero-order chi connectivity index (χ0) is 15.9. The van der Waals surface area contributed by atoms with E-state index in [9.17, 15) is 13.6 Å². The number of hydrogen-bond donors (Lipinski definition) is 1. The summed E-state index contributed by atoms with van der Waals surface area (Å²) >= 11 is 0. The first-order valence-electron chi connectivity index (χ1n) is 7.55. The normalized spacial score (nSPS) is 17.0. The minimum absolute atomic E-state index is 0. The molecule has 1 heterocycles. The molecule has 1 aromatic carbocycles. The number of benzene rings is 1. The first-order valence-corrected chi connectivity index (χ1v) is 7.55. The number of carbonyl (C=O) groups excluding carboxylic acids is 1. The molecule has 0 radical (unpaired) electrons. The van der Waals surface area contributed by atoms with Crippen molar-refractivity contribution in [1.29, 1.82) is 0 Å². The number of rotatable bonds is 7. The van der Waals surface area contributed by atoms with E-state index in [1.807, 2.05) is 0 Å². The summed E-state index contributed by atoms with van der Waals surface area (Å²) in [6.07, 6.45) is 3.72. The molecular weight excluding hydrogens is 326 g/mol. The van der Waals surface area contributed by atoms with Gasteiger partial charge in [-0.05, 0) is 43.5 Å². The predicted octanol–water partition coefficient (Wildman–Crippen LogP) is 3.20. The average molecular weight is 349 g/mol. The third kappa shape index (κ3) is 6.71. The number of halogens is 3. The molecule has 0 spiro atoms. The highest BCUT2D eigenvalue weighted by Gasteiger charge is 2.17. The maximum atomic E-state index is 12.1. The van der Waals surface area contributed by atoms with Gasteiger partial charge in [0.15, 0.2) is 0 Å². The lowest BCUT2D eigenvalue weighted by molar-refractivity contribution is -0.130. The Bertz CT molecular complexity index is 479. The van der Waals surface area contributed by atoms with Crippen molar-refractivity contribution in [3.63, 3.8) is 0 Å². The second-order valence-electron chi connectivity index (χ2n) is 5.60. The molecule has 0 bridgehead atoms. The van der Waals surface area contributed by atoms with Crippen LogP contribution < -0.4 is 10.1 Å². The third-order valence-electron chi connectivity index (χ3n) is 3.86. The van der Waals surface area contributed by atoms with Crippen molar-refractivity contribution >= 4 is 18.3 Å². The molecule has 1 saturated heterocycles. The molecular formula is C16H23ClF2N2O2. The van der Waals surface area contributed by atoms with Gasteiger partial charge in [0.1, 0.15) is 5.75 Å². The van der Waals surface area contributed by atoms with Crippen molar-refractivity contribution in [3.8, 4) is 5.75 Å². The van der Waals surface area contributed by atoms with E-state index in [0.29, 0.717) is 19.0 Å². The molecule has 2 rings (SSSR count). The summed E-state index contributed by atoms with van der Waals surface area (Å²) in [5.41, 5.74) is 0.886. The van der Waals surface area contributed by atoms with E-state index >= 15 is 0 Å². The van der Waals surface area contributed by atoms with Gasteiger partial charge in [-0.3, -0.25) is 4.79 Å². The van der Waals surface area contributed by atoms with Crippen LogP contribution in [0.4, 0.5) is 8.78 Å². The fourth-order valence-electron chi connectivity index (χ4n) is 2.63. The highest BCUT2D eigenvalue weighted by Crippen LogP contribution is 2.16. The summed E-state index contributed by atoms with van der Waals surface area (Å²) in [6, 6.07) is 6.83. The maximum Gasteiger partial charge on any atom is 0.387 e. The molecule has 1 aromatic rings. The molecule has 23 heavy (non-hydrogen) atoms. The number of alkyl halides is 2. The number of carbonyl (C=O) groups is 1. The standard InChI is InChI=1S/C16H22F2N2O2.ClH/c1-20(15(21)9-6-13-3-2-10-19-13)11-12-4-7-14(8-5-12)22-16(17)18;/h4-5,7-8,13,16,19H,2-3,6,9-11H2,1H3;1H. The third-order valence-corrected chi connectivity index (χ3v) is 3.86. The molecule has 1 aliphatic rings. The predicted molar refractivity (Wildman–Crippen MR) is 87.1 cm³/mol. The van der Waals surface area contributed by atoms with Crippen molar-refractivity contribution in [2.24, 2.45) is 0 Å². The Morgan fingerprint density at radius 2 is 2.09 bits per heavy atom. The molecule has 4 nitrogen and oxygen atoms in total. The van der Waals surface area contributed by atoms with Crippen LogP contribution in [-0.4, -0.2) is 37.1 Å². The van der Waals surface area contributed by atoms with Gasteiger partial charge in [-0.25, -0.2) is 0 Å². The Hall–Kier alpha value is -1.40. The van der Waals surface area contributed by atoms with Gasteiger partial charge in [0.25, 0.3) is 0 Å². The number of amides is 1. The van der Waals surface area contributed by atoms with Crippen molar-refractivity contribution in [1.82, 2.24) is 10.2 Å². The summed E-state index contributed by atoms with van der Waals surface area (Å²) in [5, 5.41) is 3.38. The number of nitrogens with zero attached hydrogens (tertiary/aromatic N) is 1. The van der Waals surface area contributed by atoms with Gasteiger partial charge < -0.3 is 15.0 Å². The minimum Gasteiger partial charge on any atom is -0.435 e. The van der Waals surface area contributed by atoms with Crippen LogP contribution in [0, 0.1) is 0 Å². The SMILES string of the molecule is CN(Cc1ccc(OC(F)F)cc1)C(=O)CCC1CCCN1.Cl. The molecule has 1 amide bonds. The molecule has 1 N–H and O–H groups in total. The van der Waals surface area contributed by atoms with E-state index in [4.69, 9.17) is 0 Å². The second kappa shape index (κ2) is 9.67. The minimum atomic E-state index is -2.82. The van der Waals surface area contributed by atoms with Gasteiger partial charge in [0.2, 0.25) is 5.91 Å². The number of nitrogens with one attached hydrogen (secondary N) is 1. The quantitative estimate of drug-likeness (QED) is 0.822. The first kappa shape index (κ1) is 19.6. The average Bonchev–Trinajstić information content (AvgIpc) is 2.99. The Morgan fingerprint density at radius 1 is 1.39 bits per heavy atom. The summed E-state index contributed by atoms with van der Waals surface area (Å²) in [6.45, 7) is -1.31. The summed E-state index contributed by atoms with van der Waals surface area (Å²) in [4.78, 5) is 13.8. The van der Waals surface area contributed by atoms with E-state index in [1.54, 1.807) is 24.1 Å². The topological polar surface area (TPSA) is 41.6 Å². The highest BCUT2D eigenvalue weighted by atomic mass is 35.5. The van der Waals surface area contributed by atoms with Crippen LogP contribution >= 0.6 is 12.4 Å². The van der Waals surface area contributed by atoms with Gasteiger partial charge in [-0.2, -0.15) is 8.78 Å². The molecule has 0 aromatic heterocycles. The Morgan fingerprint density at radius 3 is 2.65 bits per heavy atom. The number of ether oxygens (including phenoxy) is 1. The molecule has 1 fully saturated rings. The van der Waals surface area contributed by atoms with E-state index in [-0.39, 0.29) is 24.1 Å². The summed E-state index contributed by atoms with van der Waals surface area (Å²) in [7, 11) is 1.76. The van der Waals surface area contributed by atoms with Gasteiger partial charge >= 0.3 is 6.61 Å². The van der Waals surface area contributed by atoms with Crippen molar-refractivity contribution in [2.45, 2.75) is 44.9 Å². The molecule has 1 unspecified atom stereocenters.